The highest BCUT2D eigenvalue weighted by molar-refractivity contribution is 5.79. The summed E-state index contributed by atoms with van der Waals surface area (Å²) in [5, 5.41) is 3.06. The molecule has 1 aliphatic rings. The lowest BCUT2D eigenvalue weighted by Crippen LogP contribution is -2.42. The van der Waals surface area contributed by atoms with Crippen molar-refractivity contribution in [3.63, 3.8) is 0 Å². The van der Waals surface area contributed by atoms with Gasteiger partial charge >= 0.3 is 0 Å². The van der Waals surface area contributed by atoms with Crippen molar-refractivity contribution in [3.05, 3.63) is 0 Å². The molecule has 1 aliphatic carbocycles. The van der Waals surface area contributed by atoms with Crippen LogP contribution in [0, 0.1) is 11.8 Å². The highest BCUT2D eigenvalue weighted by Gasteiger charge is 2.30. The predicted molar refractivity (Wildman–Crippen MR) is 62.4 cm³/mol. The SMILES string of the molecule is CC(C)CC(C)NC(=O)C1CCCC1N. The van der Waals surface area contributed by atoms with Crippen LogP contribution in [-0.4, -0.2) is 18.0 Å². The summed E-state index contributed by atoms with van der Waals surface area (Å²) in [4.78, 5) is 11.9. The molecule has 3 N–H and O–H groups in total. The van der Waals surface area contributed by atoms with Gasteiger partial charge in [0.2, 0.25) is 5.91 Å². The van der Waals surface area contributed by atoms with E-state index < -0.39 is 0 Å². The molecule has 88 valence electrons. The number of hydrogen-bond donors (Lipinski definition) is 2. The molecule has 3 nitrogen and oxygen atoms in total. The fraction of sp³-hybridized carbons (Fsp3) is 0.917. The highest BCUT2D eigenvalue weighted by Crippen LogP contribution is 2.24. The predicted octanol–water partition coefficient (Wildman–Crippen LogP) is 1.66. The largest absolute Gasteiger partial charge is 0.353 e. The van der Waals surface area contributed by atoms with Crippen molar-refractivity contribution in [2.24, 2.45) is 17.6 Å². The molecule has 3 unspecified atom stereocenters. The first-order valence-corrected chi connectivity index (χ1v) is 6.06. The molecule has 0 aromatic heterocycles. The van der Waals surface area contributed by atoms with E-state index in [1.54, 1.807) is 0 Å². The lowest BCUT2D eigenvalue weighted by molar-refractivity contribution is -0.125. The topological polar surface area (TPSA) is 55.1 Å². The van der Waals surface area contributed by atoms with Crippen LogP contribution < -0.4 is 11.1 Å². The van der Waals surface area contributed by atoms with Crippen LogP contribution in [0.5, 0.6) is 0 Å². The third kappa shape index (κ3) is 3.82. The molecule has 3 atom stereocenters. The minimum Gasteiger partial charge on any atom is -0.353 e. The third-order valence-electron chi connectivity index (χ3n) is 3.12. The molecule has 1 amide bonds. The Morgan fingerprint density at radius 3 is 2.53 bits per heavy atom. The molecular formula is C12H24N2O. The maximum absolute atomic E-state index is 11.9. The van der Waals surface area contributed by atoms with E-state index in [2.05, 4.69) is 26.1 Å². The first-order chi connectivity index (χ1) is 7.00. The second-order valence-corrected chi connectivity index (χ2v) is 5.24. The van der Waals surface area contributed by atoms with Crippen molar-refractivity contribution in [3.8, 4) is 0 Å². The van der Waals surface area contributed by atoms with Gasteiger partial charge in [0.15, 0.2) is 0 Å². The molecule has 0 heterocycles. The monoisotopic (exact) mass is 212 g/mol. The molecule has 0 radical (unpaired) electrons. The zero-order valence-corrected chi connectivity index (χ0v) is 10.1. The van der Waals surface area contributed by atoms with Gasteiger partial charge in [0, 0.05) is 12.1 Å². The molecule has 15 heavy (non-hydrogen) atoms. The lowest BCUT2D eigenvalue weighted by Gasteiger charge is -2.20. The van der Waals surface area contributed by atoms with Crippen LogP contribution in [0.4, 0.5) is 0 Å². The molecule has 1 rings (SSSR count). The zero-order valence-electron chi connectivity index (χ0n) is 10.1. The number of carbonyl (C=O) groups excluding carboxylic acids is 1. The number of amides is 1. The average molecular weight is 212 g/mol. The van der Waals surface area contributed by atoms with E-state index in [0.717, 1.165) is 25.7 Å². The smallest absolute Gasteiger partial charge is 0.224 e. The van der Waals surface area contributed by atoms with Gasteiger partial charge in [0.05, 0.1) is 5.92 Å². The number of nitrogens with two attached hydrogens (primary N) is 1. The summed E-state index contributed by atoms with van der Waals surface area (Å²) >= 11 is 0. The van der Waals surface area contributed by atoms with E-state index in [0.29, 0.717) is 5.92 Å². The van der Waals surface area contributed by atoms with Crippen LogP contribution in [0.2, 0.25) is 0 Å². The average Bonchev–Trinajstić information content (AvgIpc) is 2.49. The summed E-state index contributed by atoms with van der Waals surface area (Å²) in [6.45, 7) is 6.41. The maximum Gasteiger partial charge on any atom is 0.224 e. The standard InChI is InChI=1S/C12H24N2O/c1-8(2)7-9(3)14-12(15)10-5-4-6-11(10)13/h8-11H,4-7,13H2,1-3H3,(H,14,15). The van der Waals surface area contributed by atoms with Crippen LogP contribution in [0.3, 0.4) is 0 Å². The summed E-state index contributed by atoms with van der Waals surface area (Å²) < 4.78 is 0. The molecular weight excluding hydrogens is 188 g/mol. The van der Waals surface area contributed by atoms with Crippen molar-refractivity contribution in [2.45, 2.75) is 58.5 Å². The van der Waals surface area contributed by atoms with Gasteiger partial charge in [0.1, 0.15) is 0 Å². The summed E-state index contributed by atoms with van der Waals surface area (Å²) in [5.41, 5.74) is 5.90. The molecule has 0 saturated heterocycles. The molecule has 0 aromatic carbocycles. The van der Waals surface area contributed by atoms with E-state index in [1.165, 1.54) is 0 Å². The highest BCUT2D eigenvalue weighted by atomic mass is 16.2. The molecule has 0 spiro atoms. The summed E-state index contributed by atoms with van der Waals surface area (Å²) in [5.74, 6) is 0.838. The first-order valence-electron chi connectivity index (χ1n) is 6.06. The van der Waals surface area contributed by atoms with Gasteiger partial charge in [-0.05, 0) is 32.1 Å². The van der Waals surface area contributed by atoms with Crippen molar-refractivity contribution >= 4 is 5.91 Å². The summed E-state index contributed by atoms with van der Waals surface area (Å²) in [6.07, 6.45) is 4.09. The van der Waals surface area contributed by atoms with Gasteiger partial charge in [-0.2, -0.15) is 0 Å². The number of nitrogens with one attached hydrogen (secondary N) is 1. The van der Waals surface area contributed by atoms with Gasteiger partial charge in [-0.15, -0.1) is 0 Å². The van der Waals surface area contributed by atoms with Crippen LogP contribution in [0.1, 0.15) is 46.5 Å². The van der Waals surface area contributed by atoms with Crippen molar-refractivity contribution < 1.29 is 4.79 Å². The second-order valence-electron chi connectivity index (χ2n) is 5.24. The second kappa shape index (κ2) is 5.50. The molecule has 1 saturated carbocycles. The summed E-state index contributed by atoms with van der Waals surface area (Å²) in [7, 11) is 0. The van der Waals surface area contributed by atoms with Crippen LogP contribution in [-0.2, 0) is 4.79 Å². The molecule has 0 bridgehead atoms. The van der Waals surface area contributed by atoms with E-state index in [-0.39, 0.29) is 23.9 Å². The van der Waals surface area contributed by atoms with Gasteiger partial charge in [-0.1, -0.05) is 20.3 Å². The minimum atomic E-state index is 0.0552. The van der Waals surface area contributed by atoms with Crippen molar-refractivity contribution in [2.75, 3.05) is 0 Å². The number of carbonyl (C=O) groups is 1. The van der Waals surface area contributed by atoms with E-state index >= 15 is 0 Å². The third-order valence-corrected chi connectivity index (χ3v) is 3.12. The zero-order chi connectivity index (χ0) is 11.4. The Kier molecular flexibility index (Phi) is 4.58. The first kappa shape index (κ1) is 12.5. The molecule has 3 heteroatoms. The van der Waals surface area contributed by atoms with E-state index in [9.17, 15) is 4.79 Å². The fourth-order valence-corrected chi connectivity index (χ4v) is 2.43. The quantitative estimate of drug-likeness (QED) is 0.744. The van der Waals surface area contributed by atoms with E-state index in [1.807, 2.05) is 0 Å². The van der Waals surface area contributed by atoms with Gasteiger partial charge < -0.3 is 11.1 Å². The Morgan fingerprint density at radius 1 is 1.40 bits per heavy atom. The Labute approximate surface area is 92.8 Å². The Hall–Kier alpha value is -0.570. The molecule has 1 fully saturated rings. The molecule has 0 aliphatic heterocycles. The lowest BCUT2D eigenvalue weighted by atomic mass is 10.0. The Morgan fingerprint density at radius 2 is 2.07 bits per heavy atom. The number of hydrogen-bond acceptors (Lipinski definition) is 2. The van der Waals surface area contributed by atoms with Crippen LogP contribution in [0.15, 0.2) is 0 Å². The van der Waals surface area contributed by atoms with Gasteiger partial charge in [-0.25, -0.2) is 0 Å². The molecule has 0 aromatic rings. The van der Waals surface area contributed by atoms with E-state index in [4.69, 9.17) is 5.73 Å². The van der Waals surface area contributed by atoms with Gasteiger partial charge in [-0.3, -0.25) is 4.79 Å². The number of rotatable bonds is 4. The Bertz CT molecular complexity index is 216. The minimum absolute atomic E-state index is 0.0552. The Balaban J connectivity index is 2.34. The fourth-order valence-electron chi connectivity index (χ4n) is 2.43. The summed E-state index contributed by atoms with van der Waals surface area (Å²) in [6, 6.07) is 0.349. The van der Waals surface area contributed by atoms with Gasteiger partial charge in [0.25, 0.3) is 0 Å². The normalized spacial score (nSPS) is 28.1. The van der Waals surface area contributed by atoms with Crippen LogP contribution >= 0.6 is 0 Å². The van der Waals surface area contributed by atoms with Crippen molar-refractivity contribution in [1.82, 2.24) is 5.32 Å². The van der Waals surface area contributed by atoms with Crippen LogP contribution in [0.25, 0.3) is 0 Å². The van der Waals surface area contributed by atoms with Crippen molar-refractivity contribution in [1.29, 1.82) is 0 Å². The maximum atomic E-state index is 11.9.